The van der Waals surface area contributed by atoms with Crippen LogP contribution in [-0.4, -0.2) is 27.8 Å². The van der Waals surface area contributed by atoms with Crippen molar-refractivity contribution >= 4 is 29.1 Å². The van der Waals surface area contributed by atoms with E-state index in [0.717, 1.165) is 42.6 Å². The summed E-state index contributed by atoms with van der Waals surface area (Å²) in [6.45, 7) is 0. The van der Waals surface area contributed by atoms with E-state index >= 15 is 0 Å². The molecule has 2 fully saturated rings. The van der Waals surface area contributed by atoms with E-state index < -0.39 is 0 Å². The highest BCUT2D eigenvalue weighted by Gasteiger charge is 2.27. The van der Waals surface area contributed by atoms with Gasteiger partial charge in [-0.05, 0) is 73.6 Å². The molecule has 0 saturated heterocycles. The van der Waals surface area contributed by atoms with Crippen LogP contribution in [0.4, 0.5) is 17.3 Å². The molecule has 0 bridgehead atoms. The minimum atomic E-state index is -0.341. The lowest BCUT2D eigenvalue weighted by molar-refractivity contribution is 0.0950. The van der Waals surface area contributed by atoms with Crippen LogP contribution >= 0.6 is 0 Å². The van der Waals surface area contributed by atoms with E-state index in [1.807, 2.05) is 30.3 Å². The van der Waals surface area contributed by atoms with Crippen LogP contribution in [0.5, 0.6) is 0 Å². The second kappa shape index (κ2) is 8.30. The maximum atomic E-state index is 12.7. The van der Waals surface area contributed by atoms with E-state index in [1.54, 1.807) is 12.1 Å². The summed E-state index contributed by atoms with van der Waals surface area (Å²) in [7, 11) is 0. The van der Waals surface area contributed by atoms with Gasteiger partial charge in [0, 0.05) is 40.8 Å². The van der Waals surface area contributed by atoms with Gasteiger partial charge >= 0.3 is 0 Å². The Labute approximate surface area is 184 Å². The smallest absolute Gasteiger partial charge is 0.257 e. The molecule has 3 aromatic rings. The highest BCUT2D eigenvalue weighted by Crippen LogP contribution is 2.44. The van der Waals surface area contributed by atoms with Gasteiger partial charge in [-0.3, -0.25) is 24.7 Å². The van der Waals surface area contributed by atoms with E-state index in [2.05, 4.69) is 25.9 Å². The van der Waals surface area contributed by atoms with Crippen molar-refractivity contribution in [3.05, 3.63) is 81.8 Å². The minimum absolute atomic E-state index is 0.0573. The second-order valence-corrected chi connectivity index (χ2v) is 8.27. The van der Waals surface area contributed by atoms with Crippen molar-refractivity contribution in [1.82, 2.24) is 15.3 Å². The number of amides is 2. The lowest BCUT2D eigenvalue weighted by atomic mass is 10.0. The van der Waals surface area contributed by atoms with E-state index in [4.69, 9.17) is 0 Å². The minimum Gasteiger partial charge on any atom is -0.355 e. The number of benzene rings is 2. The van der Waals surface area contributed by atoms with E-state index in [1.165, 1.54) is 12.3 Å². The zero-order valence-electron chi connectivity index (χ0n) is 17.4. The molecule has 1 aromatic heterocycles. The number of aromatic amines is 1. The summed E-state index contributed by atoms with van der Waals surface area (Å²) >= 11 is 0. The first-order chi connectivity index (χ1) is 15.5. The van der Waals surface area contributed by atoms with Gasteiger partial charge in [0.1, 0.15) is 0 Å². The molecule has 2 aliphatic rings. The first-order valence-electron chi connectivity index (χ1n) is 10.7. The van der Waals surface area contributed by atoms with E-state index in [0.29, 0.717) is 23.1 Å². The highest BCUT2D eigenvalue weighted by atomic mass is 16.2. The molecule has 2 amide bonds. The lowest BCUT2D eigenvalue weighted by Gasteiger charge is -2.14. The van der Waals surface area contributed by atoms with Crippen molar-refractivity contribution in [3.8, 4) is 0 Å². The summed E-state index contributed by atoms with van der Waals surface area (Å²) in [6, 6.07) is 14.5. The summed E-state index contributed by atoms with van der Waals surface area (Å²) in [5.41, 5.74) is 3.56. The number of carbonyl (C=O) groups is 2. The van der Waals surface area contributed by atoms with Crippen LogP contribution in [0.25, 0.3) is 0 Å². The van der Waals surface area contributed by atoms with Gasteiger partial charge in [0.25, 0.3) is 17.4 Å². The van der Waals surface area contributed by atoms with Crippen LogP contribution in [0.3, 0.4) is 0 Å². The highest BCUT2D eigenvalue weighted by molar-refractivity contribution is 6.04. The Morgan fingerprint density at radius 1 is 0.938 bits per heavy atom. The monoisotopic (exact) mass is 429 g/mol. The first-order valence-corrected chi connectivity index (χ1v) is 10.7. The number of rotatable bonds is 7. The number of carbonyl (C=O) groups excluding carboxylic acids is 2. The molecule has 2 aliphatic carbocycles. The van der Waals surface area contributed by atoms with Crippen LogP contribution < -0.4 is 21.5 Å². The van der Waals surface area contributed by atoms with Crippen molar-refractivity contribution in [2.45, 2.75) is 37.6 Å². The molecule has 2 aromatic carbocycles. The maximum absolute atomic E-state index is 12.7. The summed E-state index contributed by atoms with van der Waals surface area (Å²) in [6.07, 6.45) is 5.57. The normalized spacial score (nSPS) is 15.1. The van der Waals surface area contributed by atoms with Gasteiger partial charge in [0.2, 0.25) is 5.95 Å². The average Bonchev–Trinajstić information content (AvgIpc) is 3.69. The lowest BCUT2D eigenvalue weighted by Crippen LogP contribution is -2.25. The molecule has 8 heteroatoms. The number of nitrogens with one attached hydrogen (secondary N) is 4. The molecule has 0 aliphatic heterocycles. The maximum Gasteiger partial charge on any atom is 0.257 e. The van der Waals surface area contributed by atoms with Crippen molar-refractivity contribution in [3.63, 3.8) is 0 Å². The van der Waals surface area contributed by atoms with Gasteiger partial charge in [0.15, 0.2) is 0 Å². The molecule has 0 spiro atoms. The van der Waals surface area contributed by atoms with Crippen molar-refractivity contribution in [2.24, 2.45) is 0 Å². The zero-order chi connectivity index (χ0) is 22.1. The SMILES string of the molecule is O=C(Nc1nccc(=O)[nH]1)c1ccc(Nc2cccc(C(=O)NC3CC3)c2)c(C2CC2)c1. The van der Waals surface area contributed by atoms with Crippen molar-refractivity contribution in [2.75, 3.05) is 10.6 Å². The van der Waals surface area contributed by atoms with Gasteiger partial charge in [-0.25, -0.2) is 4.98 Å². The number of anilines is 3. The molecule has 0 atom stereocenters. The third-order valence-corrected chi connectivity index (χ3v) is 5.55. The number of H-pyrrole nitrogens is 1. The Bertz CT molecular complexity index is 1240. The molecular weight excluding hydrogens is 406 g/mol. The predicted octanol–water partition coefficient (Wildman–Crippen LogP) is 3.54. The second-order valence-electron chi connectivity index (χ2n) is 8.27. The van der Waals surface area contributed by atoms with Crippen LogP contribution in [0.15, 0.2) is 59.5 Å². The topological polar surface area (TPSA) is 116 Å². The summed E-state index contributed by atoms with van der Waals surface area (Å²) in [5.74, 6) is 0.102. The molecule has 5 rings (SSSR count). The summed E-state index contributed by atoms with van der Waals surface area (Å²) in [5, 5.41) is 9.04. The number of hydrogen-bond donors (Lipinski definition) is 4. The third kappa shape index (κ3) is 4.69. The summed E-state index contributed by atoms with van der Waals surface area (Å²) in [4.78, 5) is 42.9. The van der Waals surface area contributed by atoms with E-state index in [-0.39, 0.29) is 23.3 Å². The number of aromatic nitrogens is 2. The fourth-order valence-electron chi connectivity index (χ4n) is 3.55. The molecular formula is C24H23N5O3. The quantitative estimate of drug-likeness (QED) is 0.459. The van der Waals surface area contributed by atoms with Crippen LogP contribution in [0.1, 0.15) is 57.9 Å². The van der Waals surface area contributed by atoms with Gasteiger partial charge in [-0.2, -0.15) is 0 Å². The van der Waals surface area contributed by atoms with Gasteiger partial charge < -0.3 is 10.6 Å². The molecule has 4 N–H and O–H groups in total. The van der Waals surface area contributed by atoms with Gasteiger partial charge in [0.05, 0.1) is 0 Å². The predicted molar refractivity (Wildman–Crippen MR) is 121 cm³/mol. The molecule has 0 unspecified atom stereocenters. The van der Waals surface area contributed by atoms with E-state index in [9.17, 15) is 14.4 Å². The number of hydrogen-bond acceptors (Lipinski definition) is 5. The van der Waals surface area contributed by atoms with Crippen LogP contribution in [0.2, 0.25) is 0 Å². The Morgan fingerprint density at radius 2 is 1.75 bits per heavy atom. The van der Waals surface area contributed by atoms with Gasteiger partial charge in [-0.1, -0.05) is 6.07 Å². The third-order valence-electron chi connectivity index (χ3n) is 5.55. The first kappa shape index (κ1) is 20.0. The van der Waals surface area contributed by atoms with Crippen LogP contribution in [-0.2, 0) is 0 Å². The fraction of sp³-hybridized carbons (Fsp3) is 0.250. The number of nitrogens with zero attached hydrogens (tertiary/aromatic N) is 1. The van der Waals surface area contributed by atoms with Crippen molar-refractivity contribution < 1.29 is 9.59 Å². The fourth-order valence-corrected chi connectivity index (χ4v) is 3.55. The average molecular weight is 429 g/mol. The molecule has 32 heavy (non-hydrogen) atoms. The summed E-state index contributed by atoms with van der Waals surface area (Å²) < 4.78 is 0. The molecule has 162 valence electrons. The molecule has 0 radical (unpaired) electrons. The molecule has 1 heterocycles. The van der Waals surface area contributed by atoms with Gasteiger partial charge in [-0.15, -0.1) is 0 Å². The Morgan fingerprint density at radius 3 is 2.50 bits per heavy atom. The molecule has 8 nitrogen and oxygen atoms in total. The van der Waals surface area contributed by atoms with Crippen LogP contribution in [0, 0.1) is 0 Å². The molecule has 2 saturated carbocycles. The Hall–Kier alpha value is -3.94. The Balaban J connectivity index is 1.35. The zero-order valence-corrected chi connectivity index (χ0v) is 17.4. The largest absolute Gasteiger partial charge is 0.355 e. The van der Waals surface area contributed by atoms with Crippen molar-refractivity contribution in [1.29, 1.82) is 0 Å². The standard InChI is InChI=1S/C24H23N5O3/c30-21-10-11-25-24(28-21)29-23(32)16-6-9-20(19(13-16)14-4-5-14)26-18-3-1-2-15(12-18)22(31)27-17-7-8-17/h1-3,6,9-14,17,26H,4-5,7-8H2,(H,27,31)(H2,25,28,29,30,32). The Kier molecular flexibility index (Phi) is 5.18.